The van der Waals surface area contributed by atoms with Crippen LogP contribution < -0.4 is 5.32 Å². The molecule has 1 saturated heterocycles. The average molecular weight is 270 g/mol. The molecule has 2 N–H and O–H groups in total. The molecular formula is C14H26N2O3. The molecule has 0 aromatic rings. The molecule has 0 spiro atoms. The number of carbonyl (C=O) groups excluding carboxylic acids is 1. The van der Waals surface area contributed by atoms with Gasteiger partial charge in [0.25, 0.3) is 0 Å². The highest BCUT2D eigenvalue weighted by Gasteiger charge is 2.40. The third-order valence-corrected chi connectivity index (χ3v) is 3.33. The van der Waals surface area contributed by atoms with E-state index in [-0.39, 0.29) is 23.4 Å². The van der Waals surface area contributed by atoms with Gasteiger partial charge in [-0.05, 0) is 46.1 Å². The summed E-state index contributed by atoms with van der Waals surface area (Å²) < 4.78 is 0. The second-order valence-electron chi connectivity index (χ2n) is 6.66. The van der Waals surface area contributed by atoms with E-state index in [4.69, 9.17) is 0 Å². The van der Waals surface area contributed by atoms with Gasteiger partial charge in [0.05, 0.1) is 6.04 Å². The van der Waals surface area contributed by atoms with E-state index in [1.807, 2.05) is 39.5 Å². The monoisotopic (exact) mass is 270 g/mol. The van der Waals surface area contributed by atoms with E-state index in [1.165, 1.54) is 0 Å². The molecule has 0 unspecified atom stereocenters. The summed E-state index contributed by atoms with van der Waals surface area (Å²) in [6.07, 6.45) is 1.46. The number of carboxylic acid groups (broad SMARTS) is 1. The minimum atomic E-state index is -0.827. The maximum atomic E-state index is 12.4. The molecule has 19 heavy (non-hydrogen) atoms. The first-order valence-electron chi connectivity index (χ1n) is 6.94. The van der Waals surface area contributed by atoms with Crippen molar-refractivity contribution in [1.29, 1.82) is 0 Å². The quantitative estimate of drug-likeness (QED) is 0.811. The topological polar surface area (TPSA) is 69.6 Å². The van der Waals surface area contributed by atoms with Crippen LogP contribution >= 0.6 is 0 Å². The van der Waals surface area contributed by atoms with Gasteiger partial charge < -0.3 is 10.4 Å². The Morgan fingerprint density at radius 2 is 1.89 bits per heavy atom. The van der Waals surface area contributed by atoms with Crippen LogP contribution in [0.3, 0.4) is 0 Å². The predicted octanol–water partition coefficient (Wildman–Crippen LogP) is 1.47. The summed E-state index contributed by atoms with van der Waals surface area (Å²) in [5, 5.41) is 12.2. The fourth-order valence-corrected chi connectivity index (χ4v) is 2.67. The molecule has 0 saturated carbocycles. The van der Waals surface area contributed by atoms with Gasteiger partial charge in [0.2, 0.25) is 5.91 Å². The fraction of sp³-hybridized carbons (Fsp3) is 0.857. The molecular weight excluding hydrogens is 244 g/mol. The van der Waals surface area contributed by atoms with Gasteiger partial charge >= 0.3 is 5.97 Å². The third-order valence-electron chi connectivity index (χ3n) is 3.33. The van der Waals surface area contributed by atoms with Crippen molar-refractivity contribution in [2.75, 3.05) is 6.54 Å². The van der Waals surface area contributed by atoms with Gasteiger partial charge in [-0.15, -0.1) is 0 Å². The SMILES string of the molecule is CC(C)[C@@H](C(=O)NC(C)(C)C)N1CCC[C@@H]1C(=O)O. The molecule has 1 amide bonds. The molecule has 110 valence electrons. The molecule has 1 fully saturated rings. The van der Waals surface area contributed by atoms with E-state index >= 15 is 0 Å². The van der Waals surface area contributed by atoms with Crippen LogP contribution in [0.4, 0.5) is 0 Å². The van der Waals surface area contributed by atoms with Crippen molar-refractivity contribution in [2.24, 2.45) is 5.92 Å². The van der Waals surface area contributed by atoms with Crippen molar-refractivity contribution in [3.8, 4) is 0 Å². The van der Waals surface area contributed by atoms with Crippen molar-refractivity contribution in [2.45, 2.75) is 65.1 Å². The summed E-state index contributed by atoms with van der Waals surface area (Å²) in [6, 6.07) is -0.902. The van der Waals surface area contributed by atoms with E-state index in [2.05, 4.69) is 5.32 Å². The summed E-state index contributed by atoms with van der Waals surface area (Å²) in [5.41, 5.74) is -0.303. The molecule has 5 nitrogen and oxygen atoms in total. The number of amides is 1. The Balaban J connectivity index is 2.88. The Morgan fingerprint density at radius 3 is 2.32 bits per heavy atom. The van der Waals surface area contributed by atoms with Gasteiger partial charge in [0.1, 0.15) is 6.04 Å². The van der Waals surface area contributed by atoms with Crippen LogP contribution in [0.2, 0.25) is 0 Å². The van der Waals surface area contributed by atoms with Crippen LogP contribution in [0.25, 0.3) is 0 Å². The first kappa shape index (κ1) is 16.0. The lowest BCUT2D eigenvalue weighted by molar-refractivity contribution is -0.145. The number of hydrogen-bond acceptors (Lipinski definition) is 3. The number of nitrogens with zero attached hydrogens (tertiary/aromatic N) is 1. The van der Waals surface area contributed by atoms with Crippen molar-refractivity contribution >= 4 is 11.9 Å². The van der Waals surface area contributed by atoms with Gasteiger partial charge in [-0.3, -0.25) is 14.5 Å². The number of carboxylic acids is 1. The van der Waals surface area contributed by atoms with Crippen LogP contribution in [-0.4, -0.2) is 46.1 Å². The number of rotatable bonds is 4. The molecule has 0 aromatic heterocycles. The number of aliphatic carboxylic acids is 1. The van der Waals surface area contributed by atoms with E-state index in [0.29, 0.717) is 13.0 Å². The molecule has 1 aliphatic rings. The Hall–Kier alpha value is -1.10. The Kier molecular flexibility index (Phi) is 4.96. The second kappa shape index (κ2) is 5.90. The summed E-state index contributed by atoms with van der Waals surface area (Å²) in [5.74, 6) is -0.815. The van der Waals surface area contributed by atoms with Crippen LogP contribution in [-0.2, 0) is 9.59 Å². The standard InChI is InChI=1S/C14H26N2O3/c1-9(2)11(12(17)15-14(3,4)5)16-8-6-7-10(16)13(18)19/h9-11H,6-8H2,1-5H3,(H,15,17)(H,18,19)/t10-,11+/m1/s1. The molecule has 0 bridgehead atoms. The zero-order chi connectivity index (χ0) is 14.8. The minimum absolute atomic E-state index is 0.0735. The Morgan fingerprint density at radius 1 is 1.32 bits per heavy atom. The molecule has 1 aliphatic heterocycles. The van der Waals surface area contributed by atoms with Crippen molar-refractivity contribution in [1.82, 2.24) is 10.2 Å². The maximum Gasteiger partial charge on any atom is 0.320 e. The Labute approximate surface area is 115 Å². The molecule has 5 heteroatoms. The van der Waals surface area contributed by atoms with Gasteiger partial charge in [-0.1, -0.05) is 13.8 Å². The summed E-state index contributed by atoms with van der Waals surface area (Å²) >= 11 is 0. The molecule has 1 heterocycles. The highest BCUT2D eigenvalue weighted by atomic mass is 16.4. The normalized spacial score (nSPS) is 22.5. The summed E-state index contributed by atoms with van der Waals surface area (Å²) in [6.45, 7) is 10.4. The average Bonchev–Trinajstić information content (AvgIpc) is 2.62. The first-order valence-corrected chi connectivity index (χ1v) is 6.94. The van der Waals surface area contributed by atoms with Crippen molar-refractivity contribution < 1.29 is 14.7 Å². The van der Waals surface area contributed by atoms with Crippen LogP contribution in [0, 0.1) is 5.92 Å². The van der Waals surface area contributed by atoms with Gasteiger partial charge in [0.15, 0.2) is 0 Å². The highest BCUT2D eigenvalue weighted by molar-refractivity contribution is 5.84. The smallest absolute Gasteiger partial charge is 0.320 e. The minimum Gasteiger partial charge on any atom is -0.480 e. The van der Waals surface area contributed by atoms with Crippen molar-refractivity contribution in [3.05, 3.63) is 0 Å². The predicted molar refractivity (Wildman–Crippen MR) is 73.9 cm³/mol. The third kappa shape index (κ3) is 4.20. The zero-order valence-corrected chi connectivity index (χ0v) is 12.6. The van der Waals surface area contributed by atoms with E-state index < -0.39 is 12.0 Å². The van der Waals surface area contributed by atoms with E-state index in [0.717, 1.165) is 6.42 Å². The molecule has 2 atom stereocenters. The summed E-state index contributed by atoms with van der Waals surface area (Å²) in [7, 11) is 0. The zero-order valence-electron chi connectivity index (χ0n) is 12.6. The van der Waals surface area contributed by atoms with E-state index in [9.17, 15) is 14.7 Å². The van der Waals surface area contributed by atoms with Crippen LogP contribution in [0.15, 0.2) is 0 Å². The van der Waals surface area contributed by atoms with Crippen molar-refractivity contribution in [3.63, 3.8) is 0 Å². The largest absolute Gasteiger partial charge is 0.480 e. The number of likely N-dealkylation sites (tertiary alicyclic amines) is 1. The lowest BCUT2D eigenvalue weighted by Crippen LogP contribution is -2.56. The first-order chi connectivity index (χ1) is 8.63. The van der Waals surface area contributed by atoms with Gasteiger partial charge in [0, 0.05) is 5.54 Å². The number of nitrogens with one attached hydrogen (secondary N) is 1. The number of carbonyl (C=O) groups is 2. The lowest BCUT2D eigenvalue weighted by Gasteiger charge is -2.35. The maximum absolute atomic E-state index is 12.4. The Bertz CT molecular complexity index is 347. The van der Waals surface area contributed by atoms with Gasteiger partial charge in [-0.25, -0.2) is 0 Å². The van der Waals surface area contributed by atoms with Crippen LogP contribution in [0.5, 0.6) is 0 Å². The van der Waals surface area contributed by atoms with Crippen LogP contribution in [0.1, 0.15) is 47.5 Å². The van der Waals surface area contributed by atoms with E-state index in [1.54, 1.807) is 0 Å². The second-order valence-corrected chi connectivity index (χ2v) is 6.66. The fourth-order valence-electron chi connectivity index (χ4n) is 2.67. The van der Waals surface area contributed by atoms with Gasteiger partial charge in [-0.2, -0.15) is 0 Å². The molecule has 0 radical (unpaired) electrons. The highest BCUT2D eigenvalue weighted by Crippen LogP contribution is 2.24. The molecule has 1 rings (SSSR count). The summed E-state index contributed by atoms with van der Waals surface area (Å²) in [4.78, 5) is 25.5. The molecule has 0 aliphatic carbocycles. The molecule has 0 aromatic carbocycles. The lowest BCUT2D eigenvalue weighted by atomic mass is 9.98. The number of hydrogen-bond donors (Lipinski definition) is 2.